The fraction of sp³-hybridized carbons (Fsp3) is 0.500. The normalized spacial score (nSPS) is 18.8. The van der Waals surface area contributed by atoms with Crippen molar-refractivity contribution in [3.05, 3.63) is 41.2 Å². The first-order chi connectivity index (χ1) is 12.8. The second-order valence-electron chi connectivity index (χ2n) is 6.69. The summed E-state index contributed by atoms with van der Waals surface area (Å²) in [7, 11) is 1.14. The molecular formula is C18H26N4O4S. The zero-order valence-corrected chi connectivity index (χ0v) is 17.2. The molecule has 1 aliphatic heterocycles. The summed E-state index contributed by atoms with van der Waals surface area (Å²) in [5.74, 6) is 0.736. The number of rotatable bonds is 5. The molecule has 8 nitrogen and oxygen atoms in total. The Bertz CT molecular complexity index is 923. The molecule has 1 aromatic heterocycles. The third-order valence-corrected chi connectivity index (χ3v) is 6.77. The Balaban J connectivity index is 2.07. The van der Waals surface area contributed by atoms with Gasteiger partial charge in [0.1, 0.15) is 5.75 Å². The molecule has 1 atom stereocenters. The fourth-order valence-corrected chi connectivity index (χ4v) is 4.64. The van der Waals surface area contributed by atoms with Gasteiger partial charge < -0.3 is 9.47 Å². The van der Waals surface area contributed by atoms with Gasteiger partial charge in [0, 0.05) is 38.0 Å². The minimum Gasteiger partial charge on any atom is -0.497 e. The number of hydrogen-bond acceptors (Lipinski definition) is 5. The first kappa shape index (κ1) is 19.8. The number of ether oxygens (including phenoxy) is 2. The van der Waals surface area contributed by atoms with E-state index in [0.717, 1.165) is 28.4 Å². The smallest absolute Gasteiger partial charge is 0.282 e. The van der Waals surface area contributed by atoms with Crippen molar-refractivity contribution in [1.82, 2.24) is 18.4 Å². The number of benzene rings is 1. The molecule has 1 saturated heterocycles. The van der Waals surface area contributed by atoms with Crippen LogP contribution in [0.1, 0.15) is 23.0 Å². The molecule has 0 unspecified atom stereocenters. The number of hydrogen-bond donors (Lipinski definition) is 0. The van der Waals surface area contributed by atoms with E-state index < -0.39 is 16.3 Å². The molecule has 1 aromatic carbocycles. The van der Waals surface area contributed by atoms with Gasteiger partial charge in [-0.05, 0) is 26.0 Å². The number of methoxy groups -OCH3 is 1. The van der Waals surface area contributed by atoms with Crippen LogP contribution in [0.2, 0.25) is 0 Å². The lowest BCUT2D eigenvalue weighted by Gasteiger charge is -2.36. The van der Waals surface area contributed by atoms with Gasteiger partial charge in [-0.3, -0.25) is 0 Å². The molecule has 0 saturated carbocycles. The van der Waals surface area contributed by atoms with E-state index in [1.165, 1.54) is 8.61 Å². The Morgan fingerprint density at radius 3 is 2.70 bits per heavy atom. The maximum absolute atomic E-state index is 12.8. The van der Waals surface area contributed by atoms with Crippen LogP contribution in [0.15, 0.2) is 24.3 Å². The van der Waals surface area contributed by atoms with Crippen LogP contribution < -0.4 is 4.74 Å². The lowest BCUT2D eigenvalue weighted by molar-refractivity contribution is 0.0295. The largest absolute Gasteiger partial charge is 0.497 e. The second-order valence-corrected chi connectivity index (χ2v) is 8.78. The summed E-state index contributed by atoms with van der Waals surface area (Å²) in [6.45, 7) is 4.84. The van der Waals surface area contributed by atoms with E-state index in [0.29, 0.717) is 19.8 Å². The average Bonchev–Trinajstić information content (AvgIpc) is 2.95. The summed E-state index contributed by atoms with van der Waals surface area (Å²) >= 11 is 0. The first-order valence-electron chi connectivity index (χ1n) is 8.75. The summed E-state index contributed by atoms with van der Waals surface area (Å²) < 4.78 is 41.1. The molecule has 0 N–H and O–H groups in total. The molecule has 1 aliphatic rings. The minimum absolute atomic E-state index is 0.304. The molecule has 0 aliphatic carbocycles. The van der Waals surface area contributed by atoms with E-state index in [4.69, 9.17) is 9.47 Å². The van der Waals surface area contributed by atoms with E-state index >= 15 is 0 Å². The maximum atomic E-state index is 12.8. The van der Waals surface area contributed by atoms with Gasteiger partial charge in [-0.15, -0.1) is 0 Å². The molecule has 2 aromatic rings. The second kappa shape index (κ2) is 7.59. The highest BCUT2D eigenvalue weighted by Crippen LogP contribution is 2.33. The number of aromatic nitrogens is 2. The highest BCUT2D eigenvalue weighted by atomic mass is 32.2. The molecule has 1 fully saturated rings. The standard InChI is InChI=1S/C18H26N4O4S/c1-13-18(17-12-26-10-9-21(17)27(23,24)20(3)4)14(2)22(19-13)15-7-6-8-16(11-15)25-5/h6-8,11,17H,9-10,12H2,1-5H3/t17-/m1/s1. The summed E-state index contributed by atoms with van der Waals surface area (Å²) in [4.78, 5) is 0. The van der Waals surface area contributed by atoms with E-state index in [2.05, 4.69) is 5.10 Å². The van der Waals surface area contributed by atoms with Crippen LogP contribution in [0.25, 0.3) is 5.69 Å². The number of morpholine rings is 1. The topological polar surface area (TPSA) is 76.9 Å². The Kier molecular flexibility index (Phi) is 5.57. The molecule has 0 spiro atoms. The van der Waals surface area contributed by atoms with Gasteiger partial charge in [0.25, 0.3) is 10.2 Å². The van der Waals surface area contributed by atoms with E-state index in [1.54, 1.807) is 21.2 Å². The number of aryl methyl sites for hydroxylation is 1. The SMILES string of the molecule is COc1cccc(-n2nc(C)c([C@H]3COCCN3S(=O)(=O)N(C)C)c2C)c1. The highest BCUT2D eigenvalue weighted by Gasteiger charge is 2.38. The fourth-order valence-electron chi connectivity index (χ4n) is 3.43. The molecule has 3 rings (SSSR count). The highest BCUT2D eigenvalue weighted by molar-refractivity contribution is 7.86. The minimum atomic E-state index is -3.57. The van der Waals surface area contributed by atoms with Crippen molar-refractivity contribution in [1.29, 1.82) is 0 Å². The predicted molar refractivity (Wildman–Crippen MR) is 102 cm³/mol. The van der Waals surface area contributed by atoms with Crippen molar-refractivity contribution < 1.29 is 17.9 Å². The van der Waals surface area contributed by atoms with Gasteiger partial charge >= 0.3 is 0 Å². The Hall–Kier alpha value is -1.94. The molecule has 148 valence electrons. The number of nitrogens with zero attached hydrogens (tertiary/aromatic N) is 4. The van der Waals surface area contributed by atoms with Crippen LogP contribution in [0.3, 0.4) is 0 Å². The average molecular weight is 394 g/mol. The third kappa shape index (κ3) is 3.60. The summed E-state index contributed by atoms with van der Waals surface area (Å²) in [5, 5.41) is 4.66. The van der Waals surface area contributed by atoms with E-state index in [1.807, 2.05) is 42.8 Å². The van der Waals surface area contributed by atoms with Crippen molar-refractivity contribution in [3.8, 4) is 11.4 Å². The Morgan fingerprint density at radius 1 is 1.30 bits per heavy atom. The van der Waals surface area contributed by atoms with Crippen molar-refractivity contribution in [2.75, 3.05) is 41.0 Å². The lowest BCUT2D eigenvalue weighted by Crippen LogP contribution is -2.48. The van der Waals surface area contributed by atoms with Crippen LogP contribution in [0, 0.1) is 13.8 Å². The zero-order chi connectivity index (χ0) is 19.8. The van der Waals surface area contributed by atoms with Crippen LogP contribution in [-0.4, -0.2) is 67.8 Å². The van der Waals surface area contributed by atoms with Crippen LogP contribution in [0.5, 0.6) is 5.75 Å². The van der Waals surface area contributed by atoms with Gasteiger partial charge in [-0.2, -0.15) is 22.1 Å². The molecule has 0 bridgehead atoms. The van der Waals surface area contributed by atoms with Gasteiger partial charge in [0.05, 0.1) is 37.7 Å². The Labute approximate surface area is 160 Å². The van der Waals surface area contributed by atoms with Crippen LogP contribution >= 0.6 is 0 Å². The molecule has 2 heterocycles. The predicted octanol–water partition coefficient (Wildman–Crippen LogP) is 1.68. The van der Waals surface area contributed by atoms with Crippen LogP contribution in [0.4, 0.5) is 0 Å². The molecule has 9 heteroatoms. The summed E-state index contributed by atoms with van der Waals surface area (Å²) in [5.41, 5.74) is 3.41. The third-order valence-electron chi connectivity index (χ3n) is 4.82. The van der Waals surface area contributed by atoms with E-state index in [9.17, 15) is 8.42 Å². The monoisotopic (exact) mass is 394 g/mol. The quantitative estimate of drug-likeness (QED) is 0.771. The maximum Gasteiger partial charge on any atom is 0.282 e. The van der Waals surface area contributed by atoms with Crippen molar-refractivity contribution in [2.45, 2.75) is 19.9 Å². The molecule has 0 radical (unpaired) electrons. The lowest BCUT2D eigenvalue weighted by atomic mass is 10.0. The van der Waals surface area contributed by atoms with Crippen molar-refractivity contribution >= 4 is 10.2 Å². The Morgan fingerprint density at radius 2 is 2.04 bits per heavy atom. The molecular weight excluding hydrogens is 368 g/mol. The molecule has 27 heavy (non-hydrogen) atoms. The summed E-state index contributed by atoms with van der Waals surface area (Å²) in [6.07, 6.45) is 0. The first-order valence-corrected chi connectivity index (χ1v) is 10.1. The van der Waals surface area contributed by atoms with Crippen molar-refractivity contribution in [2.24, 2.45) is 0 Å². The van der Waals surface area contributed by atoms with Gasteiger partial charge in [0.15, 0.2) is 0 Å². The summed E-state index contributed by atoms with van der Waals surface area (Å²) in [6, 6.07) is 7.20. The molecule has 0 amide bonds. The van der Waals surface area contributed by atoms with E-state index in [-0.39, 0.29) is 0 Å². The van der Waals surface area contributed by atoms with Crippen molar-refractivity contribution in [3.63, 3.8) is 0 Å². The van der Waals surface area contributed by atoms with Crippen LogP contribution in [-0.2, 0) is 14.9 Å². The van der Waals surface area contributed by atoms with Gasteiger partial charge in [0.2, 0.25) is 0 Å². The zero-order valence-electron chi connectivity index (χ0n) is 16.3. The van der Waals surface area contributed by atoms with Gasteiger partial charge in [-0.25, -0.2) is 4.68 Å². The van der Waals surface area contributed by atoms with Gasteiger partial charge in [-0.1, -0.05) is 6.07 Å².